The van der Waals surface area contributed by atoms with Crippen molar-refractivity contribution >= 4 is 16.7 Å². The molecule has 0 bridgehead atoms. The molecule has 0 radical (unpaired) electrons. The summed E-state index contributed by atoms with van der Waals surface area (Å²) in [6, 6.07) is 8.16. The molecule has 1 heterocycles. The quantitative estimate of drug-likeness (QED) is 0.873. The van der Waals surface area contributed by atoms with Crippen LogP contribution in [0.1, 0.15) is 32.6 Å². The Labute approximate surface area is 101 Å². The molecule has 1 N–H and O–H groups in total. The van der Waals surface area contributed by atoms with Crippen molar-refractivity contribution in [1.29, 1.82) is 0 Å². The van der Waals surface area contributed by atoms with Crippen molar-refractivity contribution in [1.82, 2.24) is 9.97 Å². The molecule has 1 saturated carbocycles. The predicted molar refractivity (Wildman–Crippen MR) is 70.0 cm³/mol. The fourth-order valence-electron chi connectivity index (χ4n) is 2.53. The normalized spacial score (nSPS) is 17.7. The third-order valence-corrected chi connectivity index (χ3v) is 3.91. The lowest BCUT2D eigenvalue weighted by Crippen LogP contribution is -2.44. The van der Waals surface area contributed by atoms with Crippen molar-refractivity contribution in [3.8, 4) is 0 Å². The lowest BCUT2D eigenvalue weighted by Gasteiger charge is -2.42. The van der Waals surface area contributed by atoms with E-state index >= 15 is 0 Å². The molecule has 0 atom stereocenters. The number of nitrogens with zero attached hydrogens (tertiary/aromatic N) is 2. The molecule has 3 heteroatoms. The topological polar surface area (TPSA) is 37.8 Å². The van der Waals surface area contributed by atoms with Gasteiger partial charge in [0.1, 0.15) is 12.1 Å². The average molecular weight is 227 g/mol. The van der Waals surface area contributed by atoms with Crippen LogP contribution in [0.3, 0.4) is 0 Å². The Kier molecular flexibility index (Phi) is 2.46. The summed E-state index contributed by atoms with van der Waals surface area (Å²) >= 11 is 0. The third kappa shape index (κ3) is 1.75. The van der Waals surface area contributed by atoms with E-state index in [1.807, 2.05) is 18.2 Å². The van der Waals surface area contributed by atoms with Gasteiger partial charge in [-0.2, -0.15) is 0 Å². The molecule has 2 aromatic rings. The Morgan fingerprint density at radius 3 is 2.76 bits per heavy atom. The summed E-state index contributed by atoms with van der Waals surface area (Å²) in [7, 11) is 0. The second-order valence-electron chi connectivity index (χ2n) is 4.85. The van der Waals surface area contributed by atoms with Crippen molar-refractivity contribution in [2.75, 3.05) is 5.32 Å². The average Bonchev–Trinajstić information content (AvgIpc) is 2.34. The van der Waals surface area contributed by atoms with E-state index in [2.05, 4.69) is 28.3 Å². The number of anilines is 1. The van der Waals surface area contributed by atoms with Crippen molar-refractivity contribution < 1.29 is 0 Å². The van der Waals surface area contributed by atoms with Gasteiger partial charge in [-0.05, 0) is 37.8 Å². The van der Waals surface area contributed by atoms with Crippen LogP contribution in [0, 0.1) is 0 Å². The minimum absolute atomic E-state index is 0.275. The van der Waals surface area contributed by atoms with Gasteiger partial charge in [-0.25, -0.2) is 9.97 Å². The van der Waals surface area contributed by atoms with E-state index < -0.39 is 0 Å². The van der Waals surface area contributed by atoms with Gasteiger partial charge < -0.3 is 5.32 Å². The van der Waals surface area contributed by atoms with Gasteiger partial charge in [0.05, 0.1) is 5.52 Å². The van der Waals surface area contributed by atoms with E-state index in [1.54, 1.807) is 6.33 Å². The fraction of sp³-hybridized carbons (Fsp3) is 0.429. The number of para-hydroxylation sites is 1. The summed E-state index contributed by atoms with van der Waals surface area (Å²) in [5.74, 6) is 0.983. The lowest BCUT2D eigenvalue weighted by molar-refractivity contribution is 0.269. The summed E-state index contributed by atoms with van der Waals surface area (Å²) in [6.07, 6.45) is 6.63. The number of benzene rings is 1. The third-order valence-electron chi connectivity index (χ3n) is 3.91. The van der Waals surface area contributed by atoms with Crippen LogP contribution in [-0.2, 0) is 0 Å². The molecule has 1 aromatic carbocycles. The molecule has 1 aliphatic rings. The highest BCUT2D eigenvalue weighted by Crippen LogP contribution is 2.38. The number of aromatic nitrogens is 2. The van der Waals surface area contributed by atoms with Crippen LogP contribution in [0.15, 0.2) is 30.6 Å². The molecule has 0 unspecified atom stereocenters. The van der Waals surface area contributed by atoms with Gasteiger partial charge >= 0.3 is 0 Å². The van der Waals surface area contributed by atoms with Crippen LogP contribution in [0.5, 0.6) is 0 Å². The van der Waals surface area contributed by atoms with Gasteiger partial charge in [-0.15, -0.1) is 0 Å². The first-order chi connectivity index (χ1) is 8.33. The van der Waals surface area contributed by atoms with Gasteiger partial charge in [0.25, 0.3) is 0 Å². The number of rotatable bonds is 3. The Morgan fingerprint density at radius 2 is 2.06 bits per heavy atom. The van der Waals surface area contributed by atoms with Crippen LogP contribution in [0.2, 0.25) is 0 Å². The molecule has 17 heavy (non-hydrogen) atoms. The van der Waals surface area contributed by atoms with Gasteiger partial charge in [-0.1, -0.05) is 19.1 Å². The second-order valence-corrected chi connectivity index (χ2v) is 4.85. The molecular formula is C14H17N3. The summed E-state index contributed by atoms with van der Waals surface area (Å²) in [4.78, 5) is 8.69. The Bertz CT molecular complexity index is 521. The fourth-order valence-corrected chi connectivity index (χ4v) is 2.53. The van der Waals surface area contributed by atoms with Crippen LogP contribution < -0.4 is 5.32 Å². The van der Waals surface area contributed by atoms with Crippen molar-refractivity contribution in [3.63, 3.8) is 0 Å². The van der Waals surface area contributed by atoms with Crippen molar-refractivity contribution in [3.05, 3.63) is 30.6 Å². The minimum Gasteiger partial charge on any atom is -0.364 e. The zero-order valence-corrected chi connectivity index (χ0v) is 10.1. The predicted octanol–water partition coefficient (Wildman–Crippen LogP) is 3.37. The highest BCUT2D eigenvalue weighted by atomic mass is 15.1. The molecule has 0 amide bonds. The molecule has 0 saturated heterocycles. The van der Waals surface area contributed by atoms with E-state index in [4.69, 9.17) is 0 Å². The number of nitrogens with one attached hydrogen (secondary N) is 1. The van der Waals surface area contributed by atoms with Gasteiger partial charge in [-0.3, -0.25) is 0 Å². The SMILES string of the molecule is CCC1(Nc2ncnc3ccccc23)CCC1. The molecule has 3 nitrogen and oxygen atoms in total. The molecule has 88 valence electrons. The van der Waals surface area contributed by atoms with E-state index in [9.17, 15) is 0 Å². The molecule has 1 aliphatic carbocycles. The maximum Gasteiger partial charge on any atom is 0.137 e. The van der Waals surface area contributed by atoms with Crippen LogP contribution in [0.4, 0.5) is 5.82 Å². The molecule has 1 fully saturated rings. The van der Waals surface area contributed by atoms with Crippen LogP contribution in [0.25, 0.3) is 10.9 Å². The zero-order valence-electron chi connectivity index (χ0n) is 10.1. The minimum atomic E-state index is 0.275. The number of hydrogen-bond donors (Lipinski definition) is 1. The first kappa shape index (κ1) is 10.5. The van der Waals surface area contributed by atoms with Crippen molar-refractivity contribution in [2.45, 2.75) is 38.1 Å². The Morgan fingerprint density at radius 1 is 1.24 bits per heavy atom. The smallest absolute Gasteiger partial charge is 0.137 e. The number of fused-ring (bicyclic) bond motifs is 1. The van der Waals surface area contributed by atoms with Gasteiger partial charge in [0.2, 0.25) is 0 Å². The standard InChI is InChI=1S/C14H17N3/c1-2-14(8-5-9-14)17-13-11-6-3-4-7-12(11)15-10-16-13/h3-4,6-7,10H,2,5,8-9H2,1H3,(H,15,16,17). The lowest BCUT2D eigenvalue weighted by atomic mass is 9.75. The summed E-state index contributed by atoms with van der Waals surface area (Å²) < 4.78 is 0. The first-order valence-electron chi connectivity index (χ1n) is 6.31. The molecule has 0 aliphatic heterocycles. The highest BCUT2D eigenvalue weighted by molar-refractivity contribution is 5.88. The van der Waals surface area contributed by atoms with Crippen LogP contribution in [-0.4, -0.2) is 15.5 Å². The maximum atomic E-state index is 4.40. The first-order valence-corrected chi connectivity index (χ1v) is 6.31. The molecule has 3 rings (SSSR count). The van der Waals surface area contributed by atoms with Crippen LogP contribution >= 0.6 is 0 Å². The Hall–Kier alpha value is -1.64. The van der Waals surface area contributed by atoms with Gasteiger partial charge in [0, 0.05) is 10.9 Å². The molecule has 0 spiro atoms. The summed E-state index contributed by atoms with van der Waals surface area (Å²) in [6.45, 7) is 2.25. The summed E-state index contributed by atoms with van der Waals surface area (Å²) in [5.41, 5.74) is 1.28. The largest absolute Gasteiger partial charge is 0.364 e. The maximum absolute atomic E-state index is 4.40. The second kappa shape index (κ2) is 3.99. The Balaban J connectivity index is 2.00. The zero-order chi connectivity index (χ0) is 11.7. The van der Waals surface area contributed by atoms with E-state index in [0.717, 1.165) is 23.1 Å². The van der Waals surface area contributed by atoms with E-state index in [-0.39, 0.29) is 5.54 Å². The van der Waals surface area contributed by atoms with E-state index in [1.165, 1.54) is 19.3 Å². The van der Waals surface area contributed by atoms with Crippen molar-refractivity contribution in [2.24, 2.45) is 0 Å². The monoisotopic (exact) mass is 227 g/mol. The summed E-state index contributed by atoms with van der Waals surface area (Å²) in [5, 5.41) is 4.75. The van der Waals surface area contributed by atoms with Gasteiger partial charge in [0.15, 0.2) is 0 Å². The number of hydrogen-bond acceptors (Lipinski definition) is 3. The highest BCUT2D eigenvalue weighted by Gasteiger charge is 2.35. The van der Waals surface area contributed by atoms with E-state index in [0.29, 0.717) is 0 Å². The molecule has 1 aromatic heterocycles. The molecular weight excluding hydrogens is 210 g/mol.